The maximum Gasteiger partial charge on any atom is 0.227 e. The molecule has 4 N–H and O–H groups in total. The summed E-state index contributed by atoms with van der Waals surface area (Å²) in [6.07, 6.45) is 1.72. The summed E-state index contributed by atoms with van der Waals surface area (Å²) in [5.41, 5.74) is 5.98. The fourth-order valence-electron chi connectivity index (χ4n) is 1.18. The lowest BCUT2D eigenvalue weighted by atomic mass is 10.3. The van der Waals surface area contributed by atoms with E-state index in [1.165, 1.54) is 11.8 Å². The molecule has 0 aliphatic carbocycles. The van der Waals surface area contributed by atoms with E-state index in [1.807, 2.05) is 24.3 Å². The lowest BCUT2D eigenvalue weighted by Gasteiger charge is -2.12. The van der Waals surface area contributed by atoms with Gasteiger partial charge in [-0.05, 0) is 24.4 Å². The van der Waals surface area contributed by atoms with Gasteiger partial charge in [-0.1, -0.05) is 18.2 Å². The van der Waals surface area contributed by atoms with Crippen LogP contribution in [0.2, 0.25) is 0 Å². The molecular formula is C12H15N3OS2. The van der Waals surface area contributed by atoms with Crippen LogP contribution < -0.4 is 16.4 Å². The standard InChI is InChI=1S/C12H15N3OS2/c1-2-7-14-12(17)15-9-5-3-4-6-10(9)18-8-11(13)16/h2-6H,1,7-8H2,(H2,13,16)(H2,14,15,17). The molecule has 0 fully saturated rings. The number of benzene rings is 1. The van der Waals surface area contributed by atoms with Crippen molar-refractivity contribution < 1.29 is 4.79 Å². The predicted octanol–water partition coefficient (Wildman–Crippen LogP) is 1.74. The van der Waals surface area contributed by atoms with Crippen LogP contribution in [-0.2, 0) is 4.79 Å². The molecule has 0 aromatic heterocycles. The fraction of sp³-hybridized carbons (Fsp3) is 0.167. The molecule has 0 unspecified atom stereocenters. The van der Waals surface area contributed by atoms with E-state index < -0.39 is 0 Å². The second kappa shape index (κ2) is 7.73. The molecule has 1 aromatic rings. The van der Waals surface area contributed by atoms with Crippen molar-refractivity contribution in [2.75, 3.05) is 17.6 Å². The molecule has 1 aromatic carbocycles. The number of carbonyl (C=O) groups is 1. The zero-order valence-corrected chi connectivity index (χ0v) is 11.4. The topological polar surface area (TPSA) is 67.2 Å². The van der Waals surface area contributed by atoms with E-state index in [2.05, 4.69) is 17.2 Å². The number of primary amides is 1. The summed E-state index contributed by atoms with van der Waals surface area (Å²) in [7, 11) is 0. The summed E-state index contributed by atoms with van der Waals surface area (Å²) in [5, 5.41) is 6.56. The maximum absolute atomic E-state index is 10.8. The van der Waals surface area contributed by atoms with Gasteiger partial charge < -0.3 is 16.4 Å². The van der Waals surface area contributed by atoms with E-state index in [0.29, 0.717) is 11.7 Å². The van der Waals surface area contributed by atoms with Crippen LogP contribution in [-0.4, -0.2) is 23.3 Å². The van der Waals surface area contributed by atoms with Crippen molar-refractivity contribution in [2.24, 2.45) is 5.73 Å². The number of thiocarbonyl (C=S) groups is 1. The molecule has 0 aliphatic rings. The second-order valence-electron chi connectivity index (χ2n) is 3.37. The van der Waals surface area contributed by atoms with Crippen molar-refractivity contribution in [3.05, 3.63) is 36.9 Å². The van der Waals surface area contributed by atoms with E-state index >= 15 is 0 Å². The van der Waals surface area contributed by atoms with Gasteiger partial charge >= 0.3 is 0 Å². The van der Waals surface area contributed by atoms with Crippen LogP contribution in [0.25, 0.3) is 0 Å². The van der Waals surface area contributed by atoms with Gasteiger partial charge in [0.15, 0.2) is 5.11 Å². The Balaban J connectivity index is 2.66. The monoisotopic (exact) mass is 281 g/mol. The molecule has 0 radical (unpaired) electrons. The Bertz CT molecular complexity index is 449. The lowest BCUT2D eigenvalue weighted by molar-refractivity contribution is -0.115. The van der Waals surface area contributed by atoms with E-state index in [0.717, 1.165) is 10.6 Å². The Morgan fingerprint density at radius 2 is 2.22 bits per heavy atom. The van der Waals surface area contributed by atoms with E-state index in [4.69, 9.17) is 18.0 Å². The molecule has 1 amide bonds. The number of hydrogen-bond acceptors (Lipinski definition) is 3. The van der Waals surface area contributed by atoms with E-state index in [1.54, 1.807) is 6.08 Å². The van der Waals surface area contributed by atoms with Crippen LogP contribution in [0.1, 0.15) is 0 Å². The molecule has 18 heavy (non-hydrogen) atoms. The number of amides is 1. The van der Waals surface area contributed by atoms with Gasteiger partial charge in [-0.3, -0.25) is 4.79 Å². The first-order chi connectivity index (χ1) is 8.63. The minimum atomic E-state index is -0.345. The minimum Gasteiger partial charge on any atom is -0.369 e. The molecule has 1 rings (SSSR count). The largest absolute Gasteiger partial charge is 0.369 e. The van der Waals surface area contributed by atoms with Crippen molar-refractivity contribution in [1.29, 1.82) is 0 Å². The smallest absolute Gasteiger partial charge is 0.227 e. The van der Waals surface area contributed by atoms with E-state index in [9.17, 15) is 4.79 Å². The summed E-state index contributed by atoms with van der Waals surface area (Å²) in [4.78, 5) is 11.7. The first-order valence-electron chi connectivity index (χ1n) is 5.29. The highest BCUT2D eigenvalue weighted by molar-refractivity contribution is 8.00. The van der Waals surface area contributed by atoms with Gasteiger partial charge in [-0.25, -0.2) is 0 Å². The van der Waals surface area contributed by atoms with Gasteiger partial charge in [0.25, 0.3) is 0 Å². The molecule has 0 heterocycles. The van der Waals surface area contributed by atoms with Crippen molar-refractivity contribution in [3.63, 3.8) is 0 Å². The van der Waals surface area contributed by atoms with Gasteiger partial charge in [-0.15, -0.1) is 18.3 Å². The fourth-order valence-corrected chi connectivity index (χ4v) is 2.12. The van der Waals surface area contributed by atoms with E-state index in [-0.39, 0.29) is 11.7 Å². The molecule has 6 heteroatoms. The number of anilines is 1. The van der Waals surface area contributed by atoms with Crippen LogP contribution in [0.4, 0.5) is 5.69 Å². The number of nitrogens with one attached hydrogen (secondary N) is 2. The van der Waals surface area contributed by atoms with Crippen molar-refractivity contribution in [3.8, 4) is 0 Å². The normalized spacial score (nSPS) is 9.56. The molecule has 0 bridgehead atoms. The molecule has 0 saturated carbocycles. The summed E-state index contributed by atoms with van der Waals surface area (Å²) in [6.45, 7) is 4.20. The van der Waals surface area contributed by atoms with Gasteiger partial charge in [0, 0.05) is 11.4 Å². The Morgan fingerprint density at radius 3 is 2.89 bits per heavy atom. The molecule has 4 nitrogen and oxygen atoms in total. The molecule has 0 atom stereocenters. The second-order valence-corrected chi connectivity index (χ2v) is 4.80. The summed E-state index contributed by atoms with van der Waals surface area (Å²) < 4.78 is 0. The molecule has 96 valence electrons. The molecule has 0 aliphatic heterocycles. The average Bonchev–Trinajstić information content (AvgIpc) is 2.35. The number of carbonyl (C=O) groups excluding carboxylic acids is 1. The summed E-state index contributed by atoms with van der Waals surface area (Å²) in [6, 6.07) is 7.60. The first-order valence-corrected chi connectivity index (χ1v) is 6.68. The van der Waals surface area contributed by atoms with Gasteiger partial charge in [0.1, 0.15) is 0 Å². The van der Waals surface area contributed by atoms with Gasteiger partial charge in [0.05, 0.1) is 11.4 Å². The van der Waals surface area contributed by atoms with Crippen LogP contribution in [0, 0.1) is 0 Å². The molecular weight excluding hydrogens is 266 g/mol. The summed E-state index contributed by atoms with van der Waals surface area (Å²) in [5.74, 6) is -0.104. The third-order valence-electron chi connectivity index (χ3n) is 1.91. The molecule has 0 saturated heterocycles. The Labute approximate surface area is 116 Å². The Hall–Kier alpha value is -1.53. The van der Waals surface area contributed by atoms with Crippen LogP contribution >= 0.6 is 24.0 Å². The zero-order valence-electron chi connectivity index (χ0n) is 9.81. The number of hydrogen-bond donors (Lipinski definition) is 3. The van der Waals surface area contributed by atoms with Gasteiger partial charge in [-0.2, -0.15) is 0 Å². The van der Waals surface area contributed by atoms with Crippen molar-refractivity contribution in [1.82, 2.24) is 5.32 Å². The third kappa shape index (κ3) is 5.20. The zero-order chi connectivity index (χ0) is 13.4. The maximum atomic E-state index is 10.8. The number of nitrogens with two attached hydrogens (primary N) is 1. The number of para-hydroxylation sites is 1. The van der Waals surface area contributed by atoms with Gasteiger partial charge in [0.2, 0.25) is 5.91 Å². The number of thioether (sulfide) groups is 1. The summed E-state index contributed by atoms with van der Waals surface area (Å²) >= 11 is 6.50. The third-order valence-corrected chi connectivity index (χ3v) is 3.25. The average molecular weight is 281 g/mol. The Kier molecular flexibility index (Phi) is 6.24. The predicted molar refractivity (Wildman–Crippen MR) is 80.8 cm³/mol. The number of rotatable bonds is 6. The molecule has 0 spiro atoms. The minimum absolute atomic E-state index is 0.242. The highest BCUT2D eigenvalue weighted by Gasteiger charge is 2.05. The highest BCUT2D eigenvalue weighted by Crippen LogP contribution is 2.26. The highest BCUT2D eigenvalue weighted by atomic mass is 32.2. The van der Waals surface area contributed by atoms with Crippen LogP contribution in [0.3, 0.4) is 0 Å². The SMILES string of the molecule is C=CCNC(=S)Nc1ccccc1SCC(N)=O. The van der Waals surface area contributed by atoms with Crippen LogP contribution in [0.15, 0.2) is 41.8 Å². The van der Waals surface area contributed by atoms with Crippen LogP contribution in [0.5, 0.6) is 0 Å². The quantitative estimate of drug-likeness (QED) is 0.421. The lowest BCUT2D eigenvalue weighted by Crippen LogP contribution is -2.28. The Morgan fingerprint density at radius 1 is 1.50 bits per heavy atom. The van der Waals surface area contributed by atoms with Crippen molar-refractivity contribution >= 4 is 40.7 Å². The first kappa shape index (κ1) is 14.5. The van der Waals surface area contributed by atoms with Crippen molar-refractivity contribution in [2.45, 2.75) is 4.90 Å².